The molecule has 0 heterocycles. The van der Waals surface area contributed by atoms with Crippen molar-refractivity contribution in [3.8, 4) is 0 Å². The maximum absolute atomic E-state index is 13.1. The number of primary amides is 1. The molecule has 0 saturated heterocycles. The SMILES string of the molecule is CN(C)c1ccc(N[C@@](CCC(N)=O)(NC(=O)C(CS)Cc2ccccc2)C(=O)O)cc1. The summed E-state index contributed by atoms with van der Waals surface area (Å²) >= 11 is 4.29. The molecule has 0 fully saturated rings. The zero-order chi connectivity index (χ0) is 23.7. The summed E-state index contributed by atoms with van der Waals surface area (Å²) in [5.74, 6) is -2.80. The number of nitrogens with two attached hydrogens (primary N) is 1. The van der Waals surface area contributed by atoms with Crippen molar-refractivity contribution in [2.45, 2.75) is 24.9 Å². The molecule has 0 radical (unpaired) electrons. The highest BCUT2D eigenvalue weighted by Crippen LogP contribution is 2.23. The van der Waals surface area contributed by atoms with E-state index in [4.69, 9.17) is 5.73 Å². The fraction of sp³-hybridized carbons (Fsp3) is 0.348. The Bertz CT molecular complexity index is 921. The molecular weight excluding hydrogens is 428 g/mol. The minimum Gasteiger partial charge on any atom is -0.478 e. The van der Waals surface area contributed by atoms with Gasteiger partial charge in [0.2, 0.25) is 17.5 Å². The Morgan fingerprint density at radius 1 is 1.09 bits per heavy atom. The molecular formula is C23H30N4O4S. The number of carboxylic acid groups (broad SMARTS) is 1. The quantitative estimate of drug-likeness (QED) is 0.245. The van der Waals surface area contributed by atoms with Crippen molar-refractivity contribution < 1.29 is 19.5 Å². The summed E-state index contributed by atoms with van der Waals surface area (Å²) in [5.41, 5.74) is 5.71. The van der Waals surface area contributed by atoms with Crippen molar-refractivity contribution in [3.05, 3.63) is 60.2 Å². The molecule has 1 unspecified atom stereocenters. The maximum atomic E-state index is 13.1. The normalized spacial score (nSPS) is 13.5. The average Bonchev–Trinajstić information content (AvgIpc) is 2.76. The zero-order valence-electron chi connectivity index (χ0n) is 18.2. The van der Waals surface area contributed by atoms with Crippen LogP contribution in [-0.4, -0.2) is 48.4 Å². The molecule has 9 heteroatoms. The van der Waals surface area contributed by atoms with E-state index in [0.29, 0.717) is 12.1 Å². The number of thiol groups is 1. The predicted molar refractivity (Wildman–Crippen MR) is 129 cm³/mol. The highest BCUT2D eigenvalue weighted by molar-refractivity contribution is 7.80. The van der Waals surface area contributed by atoms with Crippen LogP contribution in [0.2, 0.25) is 0 Å². The Hall–Kier alpha value is -3.20. The molecule has 2 rings (SSSR count). The number of nitrogens with zero attached hydrogens (tertiary/aromatic N) is 1. The fourth-order valence-electron chi connectivity index (χ4n) is 3.22. The Morgan fingerprint density at radius 2 is 1.72 bits per heavy atom. The molecule has 0 aliphatic carbocycles. The smallest absolute Gasteiger partial charge is 0.350 e. The summed E-state index contributed by atoms with van der Waals surface area (Å²) in [7, 11) is 3.78. The standard InChI is InChI=1S/C23H30N4O4S/c1-27(2)19-10-8-18(9-11-19)25-23(22(30)31,13-12-20(24)28)26-21(29)17(15-32)14-16-6-4-3-5-7-16/h3-11,17,25,32H,12-15H2,1-2H3,(H2,24,28)(H,26,29)(H,30,31)/t17?,23-/m0/s1. The lowest BCUT2D eigenvalue weighted by atomic mass is 9.97. The number of hydrogen-bond acceptors (Lipinski definition) is 6. The van der Waals surface area contributed by atoms with Crippen molar-refractivity contribution in [2.24, 2.45) is 11.7 Å². The maximum Gasteiger partial charge on any atom is 0.350 e. The summed E-state index contributed by atoms with van der Waals surface area (Å²) in [6.45, 7) is 0. The number of rotatable bonds is 12. The molecule has 8 nitrogen and oxygen atoms in total. The second-order valence-corrected chi connectivity index (χ2v) is 8.17. The number of aliphatic carboxylic acids is 1. The minimum absolute atomic E-state index is 0.219. The number of benzene rings is 2. The molecule has 2 aromatic carbocycles. The second kappa shape index (κ2) is 11.4. The van der Waals surface area contributed by atoms with Gasteiger partial charge >= 0.3 is 5.97 Å². The number of nitrogens with one attached hydrogen (secondary N) is 2. The lowest BCUT2D eigenvalue weighted by Crippen LogP contribution is -2.61. The molecule has 172 valence electrons. The molecule has 0 aliphatic heterocycles. The van der Waals surface area contributed by atoms with E-state index in [1.807, 2.05) is 61.5 Å². The molecule has 32 heavy (non-hydrogen) atoms. The van der Waals surface area contributed by atoms with E-state index in [0.717, 1.165) is 11.3 Å². The summed E-state index contributed by atoms with van der Waals surface area (Å²) < 4.78 is 0. The number of anilines is 2. The number of amides is 2. The zero-order valence-corrected chi connectivity index (χ0v) is 19.1. The first-order valence-corrected chi connectivity index (χ1v) is 10.8. The summed E-state index contributed by atoms with van der Waals surface area (Å²) in [4.78, 5) is 38.8. The van der Waals surface area contributed by atoms with Gasteiger partial charge in [-0.3, -0.25) is 9.59 Å². The summed E-state index contributed by atoms with van der Waals surface area (Å²) in [5, 5.41) is 15.6. The third-order valence-corrected chi connectivity index (χ3v) is 5.55. The first-order valence-electron chi connectivity index (χ1n) is 10.2. The number of carbonyl (C=O) groups is 3. The van der Waals surface area contributed by atoms with Crippen molar-refractivity contribution >= 4 is 41.8 Å². The van der Waals surface area contributed by atoms with Crippen LogP contribution in [0.15, 0.2) is 54.6 Å². The van der Waals surface area contributed by atoms with Gasteiger partial charge in [-0.25, -0.2) is 4.79 Å². The molecule has 5 N–H and O–H groups in total. The Balaban J connectivity index is 2.30. The van der Waals surface area contributed by atoms with Crippen LogP contribution in [0.1, 0.15) is 18.4 Å². The van der Waals surface area contributed by atoms with E-state index in [9.17, 15) is 19.5 Å². The van der Waals surface area contributed by atoms with Gasteiger partial charge in [0.1, 0.15) is 0 Å². The Labute approximate surface area is 193 Å². The Morgan fingerprint density at radius 3 is 2.22 bits per heavy atom. The third kappa shape index (κ3) is 6.91. The lowest BCUT2D eigenvalue weighted by molar-refractivity contribution is -0.147. The highest BCUT2D eigenvalue weighted by Gasteiger charge is 2.41. The largest absolute Gasteiger partial charge is 0.478 e. The minimum atomic E-state index is -1.91. The first-order chi connectivity index (χ1) is 15.2. The van der Waals surface area contributed by atoms with E-state index >= 15 is 0 Å². The third-order valence-electron chi connectivity index (χ3n) is 5.11. The summed E-state index contributed by atoms with van der Waals surface area (Å²) in [6, 6.07) is 16.5. The average molecular weight is 459 g/mol. The summed E-state index contributed by atoms with van der Waals surface area (Å²) in [6.07, 6.45) is -0.0394. The van der Waals surface area contributed by atoms with Gasteiger partial charge in [-0.05, 0) is 36.2 Å². The fourth-order valence-corrected chi connectivity index (χ4v) is 3.52. The Kier molecular flexibility index (Phi) is 8.95. The van der Waals surface area contributed by atoms with E-state index in [1.54, 1.807) is 12.1 Å². The van der Waals surface area contributed by atoms with Gasteiger partial charge in [-0.2, -0.15) is 12.6 Å². The monoisotopic (exact) mass is 458 g/mol. The second-order valence-electron chi connectivity index (χ2n) is 7.80. The van der Waals surface area contributed by atoms with E-state index in [1.165, 1.54) is 0 Å². The van der Waals surface area contributed by atoms with Gasteiger partial charge in [-0.15, -0.1) is 0 Å². The molecule has 0 spiro atoms. The van der Waals surface area contributed by atoms with Gasteiger partial charge in [0.05, 0.1) is 5.92 Å². The van der Waals surface area contributed by atoms with Crippen LogP contribution in [0.25, 0.3) is 0 Å². The van der Waals surface area contributed by atoms with E-state index in [-0.39, 0.29) is 18.6 Å². The van der Waals surface area contributed by atoms with Gasteiger partial charge in [-0.1, -0.05) is 30.3 Å². The number of carboxylic acids is 1. The van der Waals surface area contributed by atoms with Crippen LogP contribution in [-0.2, 0) is 20.8 Å². The molecule has 0 aliphatic rings. The molecule has 0 saturated carbocycles. The van der Waals surface area contributed by atoms with Crippen LogP contribution in [0.3, 0.4) is 0 Å². The predicted octanol–water partition coefficient (Wildman–Crippen LogP) is 2.12. The van der Waals surface area contributed by atoms with Crippen LogP contribution < -0.4 is 21.3 Å². The van der Waals surface area contributed by atoms with Crippen molar-refractivity contribution in [3.63, 3.8) is 0 Å². The topological polar surface area (TPSA) is 125 Å². The van der Waals surface area contributed by atoms with Gasteiger partial charge in [0.15, 0.2) is 0 Å². The number of carbonyl (C=O) groups excluding carboxylic acids is 2. The van der Waals surface area contributed by atoms with E-state index in [2.05, 4.69) is 23.3 Å². The molecule has 2 amide bonds. The van der Waals surface area contributed by atoms with Crippen LogP contribution in [0, 0.1) is 5.92 Å². The number of hydrogen-bond donors (Lipinski definition) is 5. The van der Waals surface area contributed by atoms with Crippen LogP contribution in [0.5, 0.6) is 0 Å². The van der Waals surface area contributed by atoms with Gasteiger partial charge in [0, 0.05) is 44.1 Å². The highest BCUT2D eigenvalue weighted by atomic mass is 32.1. The van der Waals surface area contributed by atoms with Crippen LogP contribution >= 0.6 is 12.6 Å². The van der Waals surface area contributed by atoms with Crippen molar-refractivity contribution in [1.82, 2.24) is 5.32 Å². The van der Waals surface area contributed by atoms with Gasteiger partial charge < -0.3 is 26.4 Å². The van der Waals surface area contributed by atoms with Gasteiger partial charge in [0.25, 0.3) is 0 Å². The molecule has 2 aromatic rings. The lowest BCUT2D eigenvalue weighted by Gasteiger charge is -2.33. The van der Waals surface area contributed by atoms with Crippen molar-refractivity contribution in [2.75, 3.05) is 30.1 Å². The first kappa shape index (κ1) is 25.1. The molecule has 0 bridgehead atoms. The van der Waals surface area contributed by atoms with E-state index < -0.39 is 29.4 Å². The van der Waals surface area contributed by atoms with Crippen molar-refractivity contribution in [1.29, 1.82) is 0 Å². The molecule has 2 atom stereocenters. The van der Waals surface area contributed by atoms with Crippen LogP contribution in [0.4, 0.5) is 11.4 Å². The molecule has 0 aromatic heterocycles.